The van der Waals surface area contributed by atoms with Crippen molar-refractivity contribution in [1.29, 1.82) is 0 Å². The molecule has 0 radical (unpaired) electrons. The van der Waals surface area contributed by atoms with Crippen molar-refractivity contribution >= 4 is 24.5 Å². The second-order valence-electron chi connectivity index (χ2n) is 10.2. The number of likely N-dealkylation sites (tertiary alicyclic amines) is 1. The summed E-state index contributed by atoms with van der Waals surface area (Å²) in [6, 6.07) is -0.180. The van der Waals surface area contributed by atoms with E-state index in [-0.39, 0.29) is 29.9 Å². The van der Waals surface area contributed by atoms with Crippen LogP contribution in [0, 0.1) is 0 Å². The molecule has 1 fully saturated rings. The molecule has 0 bridgehead atoms. The van der Waals surface area contributed by atoms with E-state index in [0.717, 1.165) is 12.7 Å². The summed E-state index contributed by atoms with van der Waals surface area (Å²) in [7, 11) is -5.44. The third-order valence-corrected chi connectivity index (χ3v) is 10.4. The van der Waals surface area contributed by atoms with Crippen LogP contribution in [0.3, 0.4) is 0 Å². The summed E-state index contributed by atoms with van der Waals surface area (Å²) in [5.41, 5.74) is -0.584. The van der Waals surface area contributed by atoms with Crippen molar-refractivity contribution in [3.63, 3.8) is 0 Å². The van der Waals surface area contributed by atoms with Crippen molar-refractivity contribution in [1.82, 2.24) is 4.90 Å². The lowest BCUT2D eigenvalue weighted by atomic mass is 9.97. The van der Waals surface area contributed by atoms with Crippen molar-refractivity contribution in [2.24, 2.45) is 0 Å². The summed E-state index contributed by atoms with van der Waals surface area (Å²) in [6.45, 7) is 17.1. The minimum atomic E-state index is -3.51. The number of carbonyl (C=O) groups is 1. The number of piperidine rings is 1. The molecule has 1 heterocycles. The number of rotatable bonds is 6. The molecule has 0 spiro atoms. The molecule has 1 saturated heterocycles. The van der Waals surface area contributed by atoms with Gasteiger partial charge in [0.1, 0.15) is 5.60 Å². The van der Waals surface area contributed by atoms with Crippen molar-refractivity contribution in [3.8, 4) is 0 Å². The van der Waals surface area contributed by atoms with Gasteiger partial charge in [-0.2, -0.15) is 8.42 Å². The molecule has 1 aliphatic rings. The van der Waals surface area contributed by atoms with Gasteiger partial charge in [-0.3, -0.25) is 4.18 Å². The first-order valence-corrected chi connectivity index (χ1v) is 14.7. The average Bonchev–Trinajstić information content (AvgIpc) is 2.42. The van der Waals surface area contributed by atoms with Gasteiger partial charge in [0.05, 0.1) is 12.9 Å². The van der Waals surface area contributed by atoms with Gasteiger partial charge in [-0.25, -0.2) is 4.79 Å². The lowest BCUT2D eigenvalue weighted by Gasteiger charge is -2.44. The van der Waals surface area contributed by atoms with Crippen LogP contribution in [0.4, 0.5) is 4.79 Å². The maximum Gasteiger partial charge on any atom is 0.410 e. The van der Waals surface area contributed by atoms with E-state index in [1.54, 1.807) is 4.90 Å². The molecule has 1 amide bonds. The van der Waals surface area contributed by atoms with E-state index in [1.807, 2.05) is 20.8 Å². The molecule has 0 N–H and O–H groups in total. The molecular weight excluding hydrogens is 398 g/mol. The van der Waals surface area contributed by atoms with Crippen molar-refractivity contribution < 1.29 is 26.6 Å². The second-order valence-corrected chi connectivity index (χ2v) is 16.6. The summed E-state index contributed by atoms with van der Waals surface area (Å²) >= 11 is 0. The van der Waals surface area contributed by atoms with E-state index in [4.69, 9.17) is 13.3 Å². The number of carbonyl (C=O) groups excluding carboxylic acids is 1. The number of amides is 1. The van der Waals surface area contributed by atoms with Crippen LogP contribution in [-0.4, -0.2) is 64.9 Å². The van der Waals surface area contributed by atoms with Gasteiger partial charge in [-0.1, -0.05) is 20.8 Å². The molecule has 0 aromatic heterocycles. The first-order valence-electron chi connectivity index (χ1n) is 9.93. The van der Waals surface area contributed by atoms with Crippen LogP contribution in [0.1, 0.15) is 60.8 Å². The highest BCUT2D eigenvalue weighted by Gasteiger charge is 2.42. The van der Waals surface area contributed by atoms with Crippen molar-refractivity contribution in [3.05, 3.63) is 0 Å². The van der Waals surface area contributed by atoms with Crippen LogP contribution in [-0.2, 0) is 23.5 Å². The van der Waals surface area contributed by atoms with E-state index in [9.17, 15) is 13.2 Å². The van der Waals surface area contributed by atoms with Crippen LogP contribution in [0.15, 0.2) is 0 Å². The molecule has 166 valence electrons. The van der Waals surface area contributed by atoms with Crippen LogP contribution < -0.4 is 0 Å². The summed E-state index contributed by atoms with van der Waals surface area (Å²) in [6.07, 6.45) is 2.52. The normalized spacial score (nSPS) is 22.2. The Labute approximate surface area is 172 Å². The standard InChI is InChI=1S/C19H39NO6SSi/c1-18(2,3)25-17(21)20-12-10-16(26-28(8,9)19(4,5)6)14-15(20)11-13-24-27(7,22)23/h15-16H,10-14H2,1-9H3/t15-,16-/m0/s1. The fourth-order valence-corrected chi connectivity index (χ4v) is 4.68. The zero-order valence-electron chi connectivity index (χ0n) is 19.0. The summed E-state index contributed by atoms with van der Waals surface area (Å²) in [5, 5.41) is 0.101. The molecule has 1 rings (SSSR count). The van der Waals surface area contributed by atoms with E-state index < -0.39 is 24.0 Å². The van der Waals surface area contributed by atoms with Gasteiger partial charge in [0, 0.05) is 18.7 Å². The Kier molecular flexibility index (Phi) is 8.18. The van der Waals surface area contributed by atoms with Gasteiger partial charge in [0.25, 0.3) is 10.1 Å². The molecule has 0 aliphatic carbocycles. The third-order valence-electron chi connectivity index (χ3n) is 5.31. The van der Waals surface area contributed by atoms with Crippen molar-refractivity contribution in [2.75, 3.05) is 19.4 Å². The molecule has 2 atom stereocenters. The lowest BCUT2D eigenvalue weighted by Crippen LogP contribution is -2.53. The highest BCUT2D eigenvalue weighted by atomic mass is 32.2. The Morgan fingerprint density at radius 1 is 1.14 bits per heavy atom. The Morgan fingerprint density at radius 2 is 1.71 bits per heavy atom. The third kappa shape index (κ3) is 8.38. The summed E-state index contributed by atoms with van der Waals surface area (Å²) < 4.78 is 39.6. The number of nitrogens with zero attached hydrogens (tertiary/aromatic N) is 1. The molecule has 0 aromatic rings. The number of hydrogen-bond acceptors (Lipinski definition) is 6. The first-order chi connectivity index (χ1) is 12.4. The first kappa shape index (κ1) is 25.4. The highest BCUT2D eigenvalue weighted by molar-refractivity contribution is 7.85. The van der Waals surface area contributed by atoms with Crippen molar-refractivity contribution in [2.45, 2.75) is 96.7 Å². The van der Waals surface area contributed by atoms with E-state index in [2.05, 4.69) is 33.9 Å². The Morgan fingerprint density at radius 3 is 2.18 bits per heavy atom. The minimum Gasteiger partial charge on any atom is -0.444 e. The predicted molar refractivity (Wildman–Crippen MR) is 113 cm³/mol. The number of hydrogen-bond donors (Lipinski definition) is 0. The monoisotopic (exact) mass is 437 g/mol. The molecule has 9 heteroatoms. The van der Waals surface area contributed by atoms with Gasteiger partial charge < -0.3 is 14.1 Å². The zero-order chi connectivity index (χ0) is 22.0. The van der Waals surface area contributed by atoms with E-state index >= 15 is 0 Å². The van der Waals surface area contributed by atoms with Gasteiger partial charge in [0.15, 0.2) is 8.32 Å². The Balaban J connectivity index is 2.88. The highest BCUT2D eigenvalue weighted by Crippen LogP contribution is 2.39. The maximum atomic E-state index is 12.6. The van der Waals surface area contributed by atoms with Gasteiger partial charge in [0.2, 0.25) is 0 Å². The fraction of sp³-hybridized carbons (Fsp3) is 0.947. The Bertz CT molecular complexity index is 636. The maximum absolute atomic E-state index is 12.6. The van der Waals surface area contributed by atoms with Gasteiger partial charge in [-0.05, 0) is 58.2 Å². The van der Waals surface area contributed by atoms with Crippen LogP contribution in [0.25, 0.3) is 0 Å². The topological polar surface area (TPSA) is 82.1 Å². The molecule has 0 saturated carbocycles. The van der Waals surface area contributed by atoms with Crippen LogP contribution in [0.5, 0.6) is 0 Å². The van der Waals surface area contributed by atoms with Crippen LogP contribution in [0.2, 0.25) is 18.1 Å². The lowest BCUT2D eigenvalue weighted by molar-refractivity contribution is -0.00891. The molecule has 7 nitrogen and oxygen atoms in total. The smallest absolute Gasteiger partial charge is 0.410 e. The average molecular weight is 438 g/mol. The quantitative estimate of drug-likeness (QED) is 0.459. The molecular formula is C19H39NO6SSi. The number of ether oxygens (including phenoxy) is 1. The van der Waals surface area contributed by atoms with Gasteiger partial charge in [-0.15, -0.1) is 0 Å². The summed E-state index contributed by atoms with van der Waals surface area (Å²) in [4.78, 5) is 14.3. The second kappa shape index (κ2) is 9.02. The molecule has 1 aliphatic heterocycles. The zero-order valence-corrected chi connectivity index (χ0v) is 20.8. The fourth-order valence-electron chi connectivity index (χ4n) is 2.88. The summed E-state index contributed by atoms with van der Waals surface area (Å²) in [5.74, 6) is 0. The molecule has 28 heavy (non-hydrogen) atoms. The SMILES string of the molecule is CC(C)(C)OC(=O)N1CC[C@H](O[Si](C)(C)C(C)(C)C)C[C@@H]1CCOS(C)(=O)=O. The Hall–Kier alpha value is -0.643. The van der Waals surface area contributed by atoms with Crippen LogP contribution >= 0.6 is 0 Å². The van der Waals surface area contributed by atoms with E-state index in [0.29, 0.717) is 19.4 Å². The largest absolute Gasteiger partial charge is 0.444 e. The molecule has 0 aromatic carbocycles. The predicted octanol–water partition coefficient (Wildman–Crippen LogP) is 4.14. The van der Waals surface area contributed by atoms with Gasteiger partial charge >= 0.3 is 6.09 Å². The van der Waals surface area contributed by atoms with E-state index in [1.165, 1.54) is 0 Å². The molecule has 0 unspecified atom stereocenters. The minimum absolute atomic E-state index is 0.0373.